The van der Waals surface area contributed by atoms with Crippen LogP contribution < -0.4 is 0 Å². The number of ether oxygens (including phenoxy) is 1. The van der Waals surface area contributed by atoms with Gasteiger partial charge in [0, 0.05) is 52.1 Å². The monoisotopic (exact) mass is 463 g/mol. The summed E-state index contributed by atoms with van der Waals surface area (Å²) in [6.45, 7) is 3.14. The van der Waals surface area contributed by atoms with E-state index >= 15 is 0 Å². The van der Waals surface area contributed by atoms with Crippen molar-refractivity contribution in [3.8, 4) is 0 Å². The molecule has 3 heterocycles. The number of aryl methyl sites for hydroxylation is 2. The lowest BCUT2D eigenvalue weighted by Gasteiger charge is -2.36. The van der Waals surface area contributed by atoms with E-state index in [-0.39, 0.29) is 10.8 Å². The minimum absolute atomic E-state index is 0.152. The van der Waals surface area contributed by atoms with Crippen molar-refractivity contribution in [1.29, 1.82) is 0 Å². The Hall–Kier alpha value is -2.01. The molecule has 0 bridgehead atoms. The van der Waals surface area contributed by atoms with Crippen LogP contribution in [0.2, 0.25) is 0 Å². The number of piperidine rings is 1. The molecule has 2 fully saturated rings. The average Bonchev–Trinajstić information content (AvgIpc) is 3.13. The number of morpholine rings is 1. The van der Waals surface area contributed by atoms with Crippen molar-refractivity contribution in [3.05, 3.63) is 24.0 Å². The van der Waals surface area contributed by atoms with E-state index in [2.05, 4.69) is 24.0 Å². The number of nitrogens with zero attached hydrogens (tertiary/aromatic N) is 5. The first-order chi connectivity index (χ1) is 15.3. The van der Waals surface area contributed by atoms with E-state index in [4.69, 9.17) is 4.74 Å². The second kappa shape index (κ2) is 9.46. The van der Waals surface area contributed by atoms with Gasteiger partial charge in [0.2, 0.25) is 15.9 Å². The van der Waals surface area contributed by atoms with E-state index in [1.165, 1.54) is 4.31 Å². The lowest BCUT2D eigenvalue weighted by Crippen LogP contribution is -2.47. The fourth-order valence-corrected chi connectivity index (χ4v) is 5.96. The molecule has 1 amide bonds. The summed E-state index contributed by atoms with van der Waals surface area (Å²) >= 11 is 0. The van der Waals surface area contributed by atoms with E-state index in [0.29, 0.717) is 50.7 Å². The van der Waals surface area contributed by atoms with Crippen LogP contribution in [-0.2, 0) is 33.0 Å². The number of aromatic nitrogens is 2. The zero-order valence-corrected chi connectivity index (χ0v) is 20.0. The Morgan fingerprint density at radius 2 is 1.97 bits per heavy atom. The smallest absolute Gasteiger partial charge is 0.243 e. The van der Waals surface area contributed by atoms with Gasteiger partial charge in [-0.15, -0.1) is 0 Å². The quantitative estimate of drug-likeness (QED) is 0.637. The number of amides is 1. The van der Waals surface area contributed by atoms with Crippen molar-refractivity contribution in [2.45, 2.75) is 36.6 Å². The van der Waals surface area contributed by atoms with Crippen molar-refractivity contribution in [2.75, 3.05) is 53.5 Å². The molecule has 1 aromatic carbocycles. The van der Waals surface area contributed by atoms with E-state index in [9.17, 15) is 13.2 Å². The average molecular weight is 464 g/mol. The Kier molecular flexibility index (Phi) is 6.85. The van der Waals surface area contributed by atoms with Gasteiger partial charge in [-0.05, 0) is 45.1 Å². The van der Waals surface area contributed by atoms with Crippen LogP contribution in [0.5, 0.6) is 0 Å². The van der Waals surface area contributed by atoms with Crippen LogP contribution in [0.3, 0.4) is 0 Å². The van der Waals surface area contributed by atoms with Gasteiger partial charge in [0.1, 0.15) is 5.82 Å². The van der Waals surface area contributed by atoms with Gasteiger partial charge >= 0.3 is 0 Å². The number of sulfonamides is 1. The van der Waals surface area contributed by atoms with E-state index in [1.807, 2.05) is 16.5 Å². The van der Waals surface area contributed by atoms with Gasteiger partial charge in [-0.3, -0.25) is 4.79 Å². The van der Waals surface area contributed by atoms with Gasteiger partial charge in [-0.25, -0.2) is 13.4 Å². The van der Waals surface area contributed by atoms with E-state index in [0.717, 1.165) is 37.3 Å². The van der Waals surface area contributed by atoms with Crippen LogP contribution in [0.15, 0.2) is 23.1 Å². The molecule has 0 aliphatic carbocycles. The molecular formula is C22H33N5O4S. The number of carbonyl (C=O) groups excluding carboxylic acids is 1. The molecule has 2 aliphatic heterocycles. The van der Waals surface area contributed by atoms with Crippen molar-refractivity contribution in [1.82, 2.24) is 23.7 Å². The largest absolute Gasteiger partial charge is 0.379 e. The molecule has 10 heteroatoms. The highest BCUT2D eigenvalue weighted by molar-refractivity contribution is 7.89. The van der Waals surface area contributed by atoms with Crippen molar-refractivity contribution in [2.24, 2.45) is 7.05 Å². The van der Waals surface area contributed by atoms with Crippen LogP contribution in [0.1, 0.15) is 25.1 Å². The number of benzene rings is 1. The Morgan fingerprint density at radius 1 is 1.22 bits per heavy atom. The van der Waals surface area contributed by atoms with Crippen LogP contribution in [-0.4, -0.2) is 97.5 Å². The molecule has 2 aromatic rings. The first-order valence-corrected chi connectivity index (χ1v) is 12.7. The van der Waals surface area contributed by atoms with Crippen molar-refractivity contribution in [3.63, 3.8) is 0 Å². The van der Waals surface area contributed by atoms with Crippen LogP contribution in [0, 0.1) is 0 Å². The number of imidazole rings is 1. The van der Waals surface area contributed by atoms with E-state index < -0.39 is 10.0 Å². The van der Waals surface area contributed by atoms with Crippen molar-refractivity contribution < 1.29 is 17.9 Å². The molecule has 0 spiro atoms. The van der Waals surface area contributed by atoms with Crippen LogP contribution in [0.25, 0.3) is 11.0 Å². The molecule has 2 aliphatic rings. The zero-order valence-electron chi connectivity index (χ0n) is 19.2. The Balaban J connectivity index is 1.47. The number of hydrogen-bond acceptors (Lipinski definition) is 6. The zero-order chi connectivity index (χ0) is 22.9. The highest BCUT2D eigenvalue weighted by atomic mass is 32.2. The van der Waals surface area contributed by atoms with Crippen LogP contribution >= 0.6 is 0 Å². The number of fused-ring (bicyclic) bond motifs is 1. The summed E-state index contributed by atoms with van der Waals surface area (Å²) in [7, 11) is 2.46. The maximum atomic E-state index is 13.0. The number of likely N-dealkylation sites (tertiary alicyclic amines) is 1. The maximum Gasteiger partial charge on any atom is 0.243 e. The fraction of sp³-hybridized carbons (Fsp3) is 0.636. The summed E-state index contributed by atoms with van der Waals surface area (Å²) < 4.78 is 34.6. The van der Waals surface area contributed by atoms with Gasteiger partial charge in [0.25, 0.3) is 0 Å². The molecule has 4 rings (SSSR count). The highest BCUT2D eigenvalue weighted by Crippen LogP contribution is 2.24. The maximum absolute atomic E-state index is 13.0. The molecule has 9 nitrogen and oxygen atoms in total. The third kappa shape index (κ3) is 4.68. The van der Waals surface area contributed by atoms with Gasteiger partial charge in [-0.2, -0.15) is 4.31 Å². The van der Waals surface area contributed by atoms with Gasteiger partial charge < -0.3 is 19.1 Å². The lowest BCUT2D eigenvalue weighted by atomic mass is 10.0. The summed E-state index contributed by atoms with van der Waals surface area (Å²) in [6, 6.07) is 5.49. The molecule has 0 saturated carbocycles. The van der Waals surface area contributed by atoms with E-state index in [1.54, 1.807) is 18.2 Å². The SMILES string of the molecule is CN(C)C1CCCN(C(=O)CCc2nc3cc(S(=O)(=O)N4CCOCC4)ccc3n2C)C1. The summed E-state index contributed by atoms with van der Waals surface area (Å²) in [4.78, 5) is 21.9. The summed E-state index contributed by atoms with van der Waals surface area (Å²) in [5, 5.41) is 0. The third-order valence-electron chi connectivity index (χ3n) is 6.59. The first kappa shape index (κ1) is 23.2. The second-order valence-electron chi connectivity index (χ2n) is 8.85. The second-order valence-corrected chi connectivity index (χ2v) is 10.8. The molecule has 1 aromatic heterocycles. The predicted molar refractivity (Wildman–Crippen MR) is 122 cm³/mol. The summed E-state index contributed by atoms with van der Waals surface area (Å²) in [5.41, 5.74) is 1.49. The normalized spacial score (nSPS) is 20.9. The van der Waals surface area contributed by atoms with Crippen LogP contribution in [0.4, 0.5) is 0 Å². The number of hydrogen-bond donors (Lipinski definition) is 0. The third-order valence-corrected chi connectivity index (χ3v) is 8.49. The molecule has 176 valence electrons. The lowest BCUT2D eigenvalue weighted by molar-refractivity contribution is -0.133. The molecule has 2 saturated heterocycles. The summed E-state index contributed by atoms with van der Waals surface area (Å²) in [5.74, 6) is 0.939. The number of likely N-dealkylation sites (N-methyl/N-ethyl adjacent to an activating group) is 1. The number of rotatable bonds is 6. The van der Waals surface area contributed by atoms with Gasteiger partial charge in [0.15, 0.2) is 0 Å². The first-order valence-electron chi connectivity index (χ1n) is 11.2. The fourth-order valence-electron chi connectivity index (χ4n) is 4.53. The number of carbonyl (C=O) groups is 1. The Bertz CT molecular complexity index is 1080. The standard InChI is InChI=1S/C22H33N5O4S/c1-24(2)17-5-4-10-26(16-17)22(28)9-8-21-23-19-15-18(6-7-20(19)25(21)3)32(29,30)27-11-13-31-14-12-27/h6-7,15,17H,4-5,8-14,16H2,1-3H3. The minimum atomic E-state index is -3.57. The molecule has 1 atom stereocenters. The molecule has 0 radical (unpaired) electrons. The summed E-state index contributed by atoms with van der Waals surface area (Å²) in [6.07, 6.45) is 3.08. The Labute approximate surface area is 190 Å². The van der Waals surface area contributed by atoms with Crippen molar-refractivity contribution >= 4 is 27.0 Å². The van der Waals surface area contributed by atoms with Gasteiger partial charge in [0.05, 0.1) is 29.1 Å². The highest BCUT2D eigenvalue weighted by Gasteiger charge is 2.27. The van der Waals surface area contributed by atoms with Gasteiger partial charge in [-0.1, -0.05) is 0 Å². The molecule has 0 N–H and O–H groups in total. The predicted octanol–water partition coefficient (Wildman–Crippen LogP) is 1.08. The topological polar surface area (TPSA) is 88.0 Å². The molecule has 1 unspecified atom stereocenters. The minimum Gasteiger partial charge on any atom is -0.379 e. The molecular weight excluding hydrogens is 430 g/mol. The molecule has 32 heavy (non-hydrogen) atoms. The Morgan fingerprint density at radius 3 is 2.69 bits per heavy atom.